The summed E-state index contributed by atoms with van der Waals surface area (Å²) in [5, 5.41) is 0.547. The van der Waals surface area contributed by atoms with Crippen LogP contribution in [0.3, 0.4) is 0 Å². The van der Waals surface area contributed by atoms with E-state index in [4.69, 9.17) is 11.6 Å². The fourth-order valence-corrected chi connectivity index (χ4v) is 3.07. The largest absolute Gasteiger partial charge is 0.335 e. The Labute approximate surface area is 131 Å². The number of hydrogen-bond donors (Lipinski definition) is 0. The minimum absolute atomic E-state index is 0.0419. The van der Waals surface area contributed by atoms with Crippen molar-refractivity contribution in [2.24, 2.45) is 5.92 Å². The molecule has 0 bridgehead atoms. The highest BCUT2D eigenvalue weighted by Crippen LogP contribution is 2.23. The summed E-state index contributed by atoms with van der Waals surface area (Å²) < 4.78 is 0. The molecule has 1 atom stereocenters. The minimum atomic E-state index is -0.0419. The number of likely N-dealkylation sites (tertiary alicyclic amines) is 1. The maximum absolute atomic E-state index is 12.3. The first-order chi connectivity index (χ1) is 10.1. The molecule has 0 saturated carbocycles. The normalized spacial score (nSPS) is 19.4. The minimum Gasteiger partial charge on any atom is -0.335 e. The SMILES string of the molecule is CCCC1CCC(=O)N(CC(=O)c2cccc(Cl)c2)CC1. The number of carbonyl (C=O) groups is 2. The molecule has 0 N–H and O–H groups in total. The van der Waals surface area contributed by atoms with Gasteiger partial charge in [-0.1, -0.05) is 43.5 Å². The summed E-state index contributed by atoms with van der Waals surface area (Å²) in [5.41, 5.74) is 0.574. The summed E-state index contributed by atoms with van der Waals surface area (Å²) in [5.74, 6) is 0.675. The summed E-state index contributed by atoms with van der Waals surface area (Å²) >= 11 is 5.91. The van der Waals surface area contributed by atoms with Crippen molar-refractivity contribution in [3.63, 3.8) is 0 Å². The van der Waals surface area contributed by atoms with Crippen molar-refractivity contribution >= 4 is 23.3 Å². The fraction of sp³-hybridized carbons (Fsp3) is 0.529. The molecule has 1 aliphatic heterocycles. The second-order valence-corrected chi connectivity index (χ2v) is 6.17. The zero-order chi connectivity index (χ0) is 15.2. The molecule has 1 amide bonds. The van der Waals surface area contributed by atoms with E-state index in [1.54, 1.807) is 29.2 Å². The van der Waals surface area contributed by atoms with E-state index < -0.39 is 0 Å². The highest BCUT2D eigenvalue weighted by atomic mass is 35.5. The van der Waals surface area contributed by atoms with Crippen LogP contribution in [0.4, 0.5) is 0 Å². The van der Waals surface area contributed by atoms with E-state index in [1.165, 1.54) is 6.42 Å². The van der Waals surface area contributed by atoms with Crippen molar-refractivity contribution in [1.29, 1.82) is 0 Å². The Morgan fingerprint density at radius 1 is 1.38 bits per heavy atom. The van der Waals surface area contributed by atoms with Gasteiger partial charge >= 0.3 is 0 Å². The van der Waals surface area contributed by atoms with Gasteiger partial charge in [-0.2, -0.15) is 0 Å². The molecule has 0 spiro atoms. The second-order valence-electron chi connectivity index (χ2n) is 5.73. The molecule has 1 aromatic carbocycles. The third-order valence-electron chi connectivity index (χ3n) is 4.10. The van der Waals surface area contributed by atoms with Crippen molar-refractivity contribution in [2.75, 3.05) is 13.1 Å². The number of Topliss-reactive ketones (excluding diaryl/α,β-unsaturated/α-hetero) is 1. The first kappa shape index (κ1) is 16.0. The molecule has 2 rings (SSSR count). The molecule has 3 nitrogen and oxygen atoms in total. The topological polar surface area (TPSA) is 37.4 Å². The average molecular weight is 308 g/mol. The zero-order valence-electron chi connectivity index (χ0n) is 12.5. The lowest BCUT2D eigenvalue weighted by molar-refractivity contribution is -0.130. The third kappa shape index (κ3) is 4.57. The monoisotopic (exact) mass is 307 g/mol. The molecule has 0 aromatic heterocycles. The second kappa shape index (κ2) is 7.60. The molecule has 1 heterocycles. The van der Waals surface area contributed by atoms with Gasteiger partial charge in [0.15, 0.2) is 5.78 Å². The maximum Gasteiger partial charge on any atom is 0.222 e. The first-order valence-electron chi connectivity index (χ1n) is 7.66. The van der Waals surface area contributed by atoms with Crippen molar-refractivity contribution < 1.29 is 9.59 Å². The van der Waals surface area contributed by atoms with E-state index in [9.17, 15) is 9.59 Å². The predicted octanol–water partition coefficient (Wildman–Crippen LogP) is 3.95. The van der Waals surface area contributed by atoms with Crippen molar-refractivity contribution in [3.05, 3.63) is 34.9 Å². The number of carbonyl (C=O) groups excluding carboxylic acids is 2. The molecule has 1 unspecified atom stereocenters. The molecular weight excluding hydrogens is 286 g/mol. The van der Waals surface area contributed by atoms with E-state index in [-0.39, 0.29) is 18.2 Å². The summed E-state index contributed by atoms with van der Waals surface area (Å²) in [6, 6.07) is 6.91. The summed E-state index contributed by atoms with van der Waals surface area (Å²) in [6.07, 6.45) is 4.84. The smallest absolute Gasteiger partial charge is 0.222 e. The number of nitrogens with zero attached hydrogens (tertiary/aromatic N) is 1. The number of ketones is 1. The van der Waals surface area contributed by atoms with Crippen molar-refractivity contribution in [2.45, 2.75) is 39.0 Å². The number of hydrogen-bond acceptors (Lipinski definition) is 2. The summed E-state index contributed by atoms with van der Waals surface area (Å²) in [4.78, 5) is 26.1. The van der Waals surface area contributed by atoms with Crippen LogP contribution in [0.25, 0.3) is 0 Å². The lowest BCUT2D eigenvalue weighted by Crippen LogP contribution is -2.35. The Morgan fingerprint density at radius 3 is 2.90 bits per heavy atom. The molecule has 4 heteroatoms. The van der Waals surface area contributed by atoms with Crippen molar-refractivity contribution in [3.8, 4) is 0 Å². The standard InChI is InChI=1S/C17H22ClNO2/c1-2-4-13-7-8-17(21)19(10-9-13)12-16(20)14-5-3-6-15(18)11-14/h3,5-6,11,13H,2,4,7-10,12H2,1H3. The first-order valence-corrected chi connectivity index (χ1v) is 8.04. The van der Waals surface area contributed by atoms with Gasteiger partial charge in [0, 0.05) is 23.6 Å². The van der Waals surface area contributed by atoms with Gasteiger partial charge in [-0.15, -0.1) is 0 Å². The number of amides is 1. The highest BCUT2D eigenvalue weighted by Gasteiger charge is 2.24. The van der Waals surface area contributed by atoms with E-state index >= 15 is 0 Å². The van der Waals surface area contributed by atoms with Crippen LogP contribution in [0.15, 0.2) is 24.3 Å². The van der Waals surface area contributed by atoms with Gasteiger partial charge in [-0.25, -0.2) is 0 Å². The number of rotatable bonds is 5. The van der Waals surface area contributed by atoms with E-state index in [0.29, 0.717) is 29.5 Å². The molecule has 0 aliphatic carbocycles. The molecule has 1 fully saturated rings. The van der Waals surface area contributed by atoms with Gasteiger partial charge in [-0.05, 0) is 30.9 Å². The van der Waals surface area contributed by atoms with Crippen LogP contribution in [0.5, 0.6) is 0 Å². The number of halogens is 1. The van der Waals surface area contributed by atoms with Crippen LogP contribution in [0.1, 0.15) is 49.4 Å². The van der Waals surface area contributed by atoms with Crippen LogP contribution >= 0.6 is 11.6 Å². The quantitative estimate of drug-likeness (QED) is 0.772. The molecule has 114 valence electrons. The molecule has 1 aromatic rings. The maximum atomic E-state index is 12.3. The predicted molar refractivity (Wildman–Crippen MR) is 84.6 cm³/mol. The van der Waals surface area contributed by atoms with Crippen LogP contribution < -0.4 is 0 Å². The van der Waals surface area contributed by atoms with Crippen LogP contribution in [-0.4, -0.2) is 29.7 Å². The molecule has 1 aliphatic rings. The Morgan fingerprint density at radius 2 is 2.19 bits per heavy atom. The highest BCUT2D eigenvalue weighted by molar-refractivity contribution is 6.31. The Kier molecular flexibility index (Phi) is 5.80. The molecular formula is C17H22ClNO2. The summed E-state index contributed by atoms with van der Waals surface area (Å²) in [7, 11) is 0. The lowest BCUT2D eigenvalue weighted by atomic mass is 9.96. The summed E-state index contributed by atoms with van der Waals surface area (Å²) in [6.45, 7) is 3.03. The van der Waals surface area contributed by atoms with Gasteiger partial charge in [0.05, 0.1) is 6.54 Å². The van der Waals surface area contributed by atoms with Gasteiger partial charge in [0.2, 0.25) is 5.91 Å². The molecule has 1 saturated heterocycles. The van der Waals surface area contributed by atoms with E-state index in [0.717, 1.165) is 19.3 Å². The fourth-order valence-electron chi connectivity index (χ4n) is 2.88. The van der Waals surface area contributed by atoms with Gasteiger partial charge < -0.3 is 4.90 Å². The van der Waals surface area contributed by atoms with Crippen molar-refractivity contribution in [1.82, 2.24) is 4.90 Å². The Bertz CT molecular complexity index is 515. The third-order valence-corrected chi connectivity index (χ3v) is 4.34. The Hall–Kier alpha value is -1.35. The van der Waals surface area contributed by atoms with E-state index in [2.05, 4.69) is 6.92 Å². The lowest BCUT2D eigenvalue weighted by Gasteiger charge is -2.20. The van der Waals surface area contributed by atoms with Crippen LogP contribution in [0.2, 0.25) is 5.02 Å². The van der Waals surface area contributed by atoms with Gasteiger partial charge in [0.25, 0.3) is 0 Å². The van der Waals surface area contributed by atoms with E-state index in [1.807, 2.05) is 0 Å². The van der Waals surface area contributed by atoms with Crippen LogP contribution in [-0.2, 0) is 4.79 Å². The average Bonchev–Trinajstić information content (AvgIpc) is 2.63. The zero-order valence-corrected chi connectivity index (χ0v) is 13.2. The molecule has 21 heavy (non-hydrogen) atoms. The Balaban J connectivity index is 1.98. The van der Waals surface area contributed by atoms with Crippen LogP contribution in [0, 0.1) is 5.92 Å². The van der Waals surface area contributed by atoms with Gasteiger partial charge in [-0.3, -0.25) is 9.59 Å². The number of benzene rings is 1. The van der Waals surface area contributed by atoms with Gasteiger partial charge in [0.1, 0.15) is 0 Å². The molecule has 0 radical (unpaired) electrons.